The molecule has 0 radical (unpaired) electrons. The summed E-state index contributed by atoms with van der Waals surface area (Å²) in [5.41, 5.74) is 7.79. The van der Waals surface area contributed by atoms with Crippen molar-refractivity contribution in [3.05, 3.63) is 57.6 Å². The van der Waals surface area contributed by atoms with Gasteiger partial charge in [-0.05, 0) is 58.5 Å². The molecule has 2 atom stereocenters. The van der Waals surface area contributed by atoms with Crippen LogP contribution in [0.15, 0.2) is 24.3 Å². The molecule has 2 heterocycles. The standard InChI is InChI=1S/C53H88O4/c1-15-19-23-27-49(5,6)43-31-39(32-44(47(43)56-37-41-35-54-41)50(7,8)28-24-20-16-2)53(13,14)40-33-45(51(9,10)29-25-21-17-3)48(57-38-42-36-55-42)46(34-40)52(11,12)30-26-22-18-4/h31-34,41-42H,15-30,35-38H2,1-14H3. The largest absolute Gasteiger partial charge is 0.490 e. The Morgan fingerprint density at radius 1 is 0.439 bits per heavy atom. The zero-order valence-electron chi connectivity index (χ0n) is 39.7. The van der Waals surface area contributed by atoms with E-state index in [2.05, 4.69) is 121 Å². The smallest absolute Gasteiger partial charge is 0.126 e. The van der Waals surface area contributed by atoms with E-state index in [9.17, 15) is 0 Å². The Labute approximate surface area is 352 Å². The second kappa shape index (κ2) is 20.5. The number of hydrogen-bond donors (Lipinski definition) is 0. The maximum absolute atomic E-state index is 6.99. The summed E-state index contributed by atoms with van der Waals surface area (Å²) in [6, 6.07) is 10.3. The predicted octanol–water partition coefficient (Wildman–Crippen LogP) is 15.0. The number of epoxide rings is 2. The summed E-state index contributed by atoms with van der Waals surface area (Å²) in [7, 11) is 0. The van der Waals surface area contributed by atoms with Gasteiger partial charge in [0.1, 0.15) is 36.9 Å². The summed E-state index contributed by atoms with van der Waals surface area (Å²) in [6.07, 6.45) is 19.8. The van der Waals surface area contributed by atoms with E-state index < -0.39 is 0 Å². The van der Waals surface area contributed by atoms with Crippen LogP contribution in [-0.2, 0) is 36.5 Å². The molecular weight excluding hydrogens is 701 g/mol. The fraction of sp³-hybridized carbons (Fsp3) is 0.774. The Morgan fingerprint density at radius 3 is 0.895 bits per heavy atom. The number of ether oxygens (including phenoxy) is 4. The molecule has 2 unspecified atom stereocenters. The Balaban J connectivity index is 2.01. The molecule has 4 heteroatoms. The number of rotatable bonds is 28. The molecule has 2 aromatic carbocycles. The van der Waals surface area contributed by atoms with E-state index in [1.165, 1.54) is 110 Å². The molecule has 2 aromatic rings. The SMILES string of the molecule is CCCCCC(C)(C)c1cc(C(C)(C)c2cc(C(C)(C)CCCCC)c(OCC3CO3)c(C(C)(C)CCCCC)c2)cc(C(C)(C)CCCCC)c1OCC1CO1. The molecule has 0 aromatic heterocycles. The first-order valence-corrected chi connectivity index (χ1v) is 23.7. The molecule has 0 amide bonds. The summed E-state index contributed by atoms with van der Waals surface area (Å²) in [5, 5.41) is 0. The van der Waals surface area contributed by atoms with Crippen LogP contribution in [0.4, 0.5) is 0 Å². The fourth-order valence-corrected chi connectivity index (χ4v) is 8.96. The van der Waals surface area contributed by atoms with Gasteiger partial charge < -0.3 is 18.9 Å². The highest BCUT2D eigenvalue weighted by Gasteiger charge is 2.39. The quantitative estimate of drug-likeness (QED) is 0.0636. The molecule has 4 nitrogen and oxygen atoms in total. The van der Waals surface area contributed by atoms with Crippen molar-refractivity contribution in [3.8, 4) is 11.5 Å². The van der Waals surface area contributed by atoms with Gasteiger partial charge in [0.2, 0.25) is 0 Å². The van der Waals surface area contributed by atoms with Crippen molar-refractivity contribution in [3.63, 3.8) is 0 Å². The van der Waals surface area contributed by atoms with Gasteiger partial charge in [-0.1, -0.05) is 198 Å². The monoisotopic (exact) mass is 789 g/mol. The Kier molecular flexibility index (Phi) is 17.1. The van der Waals surface area contributed by atoms with E-state index in [-0.39, 0.29) is 39.3 Å². The fourth-order valence-electron chi connectivity index (χ4n) is 8.96. The van der Waals surface area contributed by atoms with E-state index in [1.807, 2.05) is 0 Å². The molecule has 57 heavy (non-hydrogen) atoms. The molecule has 0 saturated carbocycles. The van der Waals surface area contributed by atoms with E-state index in [4.69, 9.17) is 18.9 Å². The lowest BCUT2D eigenvalue weighted by molar-refractivity contribution is 0.249. The zero-order chi connectivity index (χ0) is 42.1. The minimum atomic E-state index is -0.277. The lowest BCUT2D eigenvalue weighted by Crippen LogP contribution is -2.30. The molecule has 2 aliphatic rings. The van der Waals surface area contributed by atoms with Crippen molar-refractivity contribution >= 4 is 0 Å². The first-order chi connectivity index (χ1) is 26.8. The Morgan fingerprint density at radius 2 is 0.684 bits per heavy atom. The van der Waals surface area contributed by atoms with Crippen molar-refractivity contribution in [1.29, 1.82) is 0 Å². The highest BCUT2D eigenvalue weighted by molar-refractivity contribution is 5.58. The molecule has 0 N–H and O–H groups in total. The van der Waals surface area contributed by atoms with Crippen LogP contribution in [0.3, 0.4) is 0 Å². The first-order valence-electron chi connectivity index (χ1n) is 23.7. The van der Waals surface area contributed by atoms with Gasteiger partial charge in [0.25, 0.3) is 0 Å². The summed E-state index contributed by atoms with van der Waals surface area (Å²) < 4.78 is 25.4. The van der Waals surface area contributed by atoms with Gasteiger partial charge >= 0.3 is 0 Å². The van der Waals surface area contributed by atoms with Crippen molar-refractivity contribution < 1.29 is 18.9 Å². The normalized spacial score (nSPS) is 17.6. The highest BCUT2D eigenvalue weighted by atomic mass is 16.6. The number of benzene rings is 2. The molecule has 2 fully saturated rings. The van der Waals surface area contributed by atoms with E-state index in [0.717, 1.165) is 50.4 Å². The van der Waals surface area contributed by atoms with Crippen molar-refractivity contribution in [2.24, 2.45) is 0 Å². The summed E-state index contributed by atoms with van der Waals surface area (Å²) in [6.45, 7) is 36.8. The van der Waals surface area contributed by atoms with Gasteiger partial charge in [0.15, 0.2) is 0 Å². The number of hydrogen-bond acceptors (Lipinski definition) is 4. The minimum absolute atomic E-state index is 0.0450. The summed E-state index contributed by atoms with van der Waals surface area (Å²) in [4.78, 5) is 0. The predicted molar refractivity (Wildman–Crippen MR) is 244 cm³/mol. The lowest BCUT2D eigenvalue weighted by Gasteiger charge is -2.39. The lowest BCUT2D eigenvalue weighted by atomic mass is 9.67. The van der Waals surface area contributed by atoms with Crippen molar-refractivity contribution in [2.45, 2.75) is 239 Å². The van der Waals surface area contributed by atoms with Crippen LogP contribution >= 0.6 is 0 Å². The van der Waals surface area contributed by atoms with Crippen LogP contribution in [0.1, 0.15) is 233 Å². The first kappa shape index (κ1) is 47.6. The van der Waals surface area contributed by atoms with Crippen molar-refractivity contribution in [2.75, 3.05) is 26.4 Å². The van der Waals surface area contributed by atoms with Gasteiger partial charge in [-0.3, -0.25) is 0 Å². The van der Waals surface area contributed by atoms with Crippen LogP contribution < -0.4 is 9.47 Å². The maximum atomic E-state index is 6.99. The van der Waals surface area contributed by atoms with Crippen molar-refractivity contribution in [1.82, 2.24) is 0 Å². The average molecular weight is 789 g/mol. The topological polar surface area (TPSA) is 43.5 Å². The van der Waals surface area contributed by atoms with Gasteiger partial charge in [0.05, 0.1) is 13.2 Å². The second-order valence-electron chi connectivity index (χ2n) is 21.3. The maximum Gasteiger partial charge on any atom is 0.126 e. The van der Waals surface area contributed by atoms with Crippen LogP contribution in [-0.4, -0.2) is 38.6 Å². The molecular formula is C53H88O4. The van der Waals surface area contributed by atoms with Gasteiger partial charge in [0, 0.05) is 27.7 Å². The Bertz CT molecular complexity index is 1340. The average Bonchev–Trinajstić information content (AvgIpc) is 4.09. The van der Waals surface area contributed by atoms with Gasteiger partial charge in [-0.25, -0.2) is 0 Å². The van der Waals surface area contributed by atoms with E-state index >= 15 is 0 Å². The summed E-state index contributed by atoms with van der Waals surface area (Å²) in [5.74, 6) is 2.24. The Hall–Kier alpha value is -2.04. The van der Waals surface area contributed by atoms with E-state index in [1.54, 1.807) is 0 Å². The van der Waals surface area contributed by atoms with Crippen LogP contribution in [0.2, 0.25) is 0 Å². The van der Waals surface area contributed by atoms with Crippen LogP contribution in [0.5, 0.6) is 11.5 Å². The molecule has 0 aliphatic carbocycles. The van der Waals surface area contributed by atoms with Gasteiger partial charge in [-0.15, -0.1) is 0 Å². The van der Waals surface area contributed by atoms with E-state index in [0.29, 0.717) is 13.2 Å². The summed E-state index contributed by atoms with van der Waals surface area (Å²) >= 11 is 0. The van der Waals surface area contributed by atoms with Crippen LogP contribution in [0, 0.1) is 0 Å². The third-order valence-electron chi connectivity index (χ3n) is 13.8. The molecule has 0 spiro atoms. The minimum Gasteiger partial charge on any atom is -0.490 e. The molecule has 4 rings (SSSR count). The van der Waals surface area contributed by atoms with Gasteiger partial charge in [-0.2, -0.15) is 0 Å². The highest BCUT2D eigenvalue weighted by Crippen LogP contribution is 2.50. The molecule has 2 saturated heterocycles. The number of unbranched alkanes of at least 4 members (excludes halogenated alkanes) is 8. The second-order valence-corrected chi connectivity index (χ2v) is 21.3. The molecule has 324 valence electrons. The third-order valence-corrected chi connectivity index (χ3v) is 13.8. The third kappa shape index (κ3) is 13.0. The molecule has 0 bridgehead atoms. The van der Waals surface area contributed by atoms with Crippen LogP contribution in [0.25, 0.3) is 0 Å². The zero-order valence-corrected chi connectivity index (χ0v) is 39.7. The molecule has 2 aliphatic heterocycles.